The number of sulfone groups is 1. The highest BCUT2D eigenvalue weighted by Crippen LogP contribution is 2.28. The molecule has 1 fully saturated rings. The van der Waals surface area contributed by atoms with E-state index in [2.05, 4.69) is 20.6 Å². The van der Waals surface area contributed by atoms with Crippen LogP contribution in [0.3, 0.4) is 0 Å². The summed E-state index contributed by atoms with van der Waals surface area (Å²) in [5, 5.41) is 6.36. The van der Waals surface area contributed by atoms with Crippen molar-refractivity contribution in [3.8, 4) is 0 Å². The first-order valence-electron chi connectivity index (χ1n) is 9.92. The lowest BCUT2D eigenvalue weighted by Gasteiger charge is -2.21. The second-order valence-electron chi connectivity index (χ2n) is 8.37. The lowest BCUT2D eigenvalue weighted by molar-refractivity contribution is -0.124. The van der Waals surface area contributed by atoms with Crippen molar-refractivity contribution in [3.05, 3.63) is 41.6 Å². The molecule has 0 radical (unpaired) electrons. The molecule has 2 aromatic rings. The van der Waals surface area contributed by atoms with Gasteiger partial charge in [0.1, 0.15) is 11.2 Å². The second kappa shape index (κ2) is 7.16. The van der Waals surface area contributed by atoms with E-state index in [1.165, 1.54) is 0 Å². The molecule has 2 aliphatic heterocycles. The number of amidine groups is 1. The molecular weight excluding hydrogens is 404 g/mol. The van der Waals surface area contributed by atoms with Crippen LogP contribution in [0.5, 0.6) is 0 Å². The van der Waals surface area contributed by atoms with Gasteiger partial charge < -0.3 is 10.6 Å². The molecule has 0 unspecified atom stereocenters. The average molecular weight is 429 g/mol. The number of pyridine rings is 1. The van der Waals surface area contributed by atoms with Gasteiger partial charge in [0.15, 0.2) is 15.7 Å². The van der Waals surface area contributed by atoms with Crippen molar-refractivity contribution in [2.45, 2.75) is 38.8 Å². The Bertz CT molecular complexity index is 1190. The third kappa shape index (κ3) is 3.58. The van der Waals surface area contributed by atoms with Gasteiger partial charge in [0, 0.05) is 11.4 Å². The summed E-state index contributed by atoms with van der Waals surface area (Å²) >= 11 is 0. The van der Waals surface area contributed by atoms with E-state index in [0.29, 0.717) is 11.9 Å². The predicted molar refractivity (Wildman–Crippen MR) is 114 cm³/mol. The molecule has 0 saturated carbocycles. The summed E-state index contributed by atoms with van der Waals surface area (Å²) < 4.78 is 23.5. The third-order valence-corrected chi connectivity index (χ3v) is 7.69. The molecule has 8 nitrogen and oxygen atoms in total. The summed E-state index contributed by atoms with van der Waals surface area (Å²) in [6, 6.07) is 8.62. The van der Waals surface area contributed by atoms with Crippen LogP contribution in [0, 0.1) is 5.92 Å². The van der Waals surface area contributed by atoms with E-state index < -0.39 is 27.3 Å². The number of aromatic nitrogens is 1. The number of rotatable bonds is 4. The van der Waals surface area contributed by atoms with Crippen molar-refractivity contribution in [2.24, 2.45) is 10.9 Å². The van der Waals surface area contributed by atoms with Crippen molar-refractivity contribution in [1.29, 1.82) is 0 Å². The summed E-state index contributed by atoms with van der Waals surface area (Å²) in [5.41, 5.74) is 0.257. The highest BCUT2D eigenvalue weighted by atomic mass is 32.2. The molecule has 0 aliphatic carbocycles. The minimum absolute atomic E-state index is 0.0450. The summed E-state index contributed by atoms with van der Waals surface area (Å²) in [5.74, 6) is -0.465. The zero-order valence-corrected chi connectivity index (χ0v) is 17.9. The average Bonchev–Trinajstić information content (AvgIpc) is 3.19. The van der Waals surface area contributed by atoms with E-state index in [4.69, 9.17) is 0 Å². The van der Waals surface area contributed by atoms with Gasteiger partial charge in [-0.2, -0.15) is 0 Å². The van der Waals surface area contributed by atoms with Crippen molar-refractivity contribution < 1.29 is 18.0 Å². The predicted octanol–water partition coefficient (Wildman–Crippen LogP) is 1.44. The molecule has 0 spiro atoms. The van der Waals surface area contributed by atoms with E-state index in [1.807, 2.05) is 38.1 Å². The first-order chi connectivity index (χ1) is 14.1. The Morgan fingerprint density at radius 2 is 2.03 bits per heavy atom. The van der Waals surface area contributed by atoms with E-state index in [1.54, 1.807) is 13.0 Å². The fraction of sp³-hybridized carbons (Fsp3) is 0.429. The van der Waals surface area contributed by atoms with Crippen molar-refractivity contribution in [3.63, 3.8) is 0 Å². The minimum Gasteiger partial charge on any atom is -0.348 e. The second-order valence-corrected chi connectivity index (χ2v) is 10.6. The number of fused-ring (bicyclic) bond motifs is 1. The van der Waals surface area contributed by atoms with E-state index in [-0.39, 0.29) is 40.4 Å². The SMILES string of the molecule is CC(C)[C@@]1(C)N=C(c2nc3ccccc3cc2C(=O)N[C@@H]2CCS(=O)(=O)C2)NC1=O. The number of carbonyl (C=O) groups is 2. The van der Waals surface area contributed by atoms with Crippen molar-refractivity contribution >= 4 is 38.4 Å². The van der Waals surface area contributed by atoms with Crippen LogP contribution in [0.1, 0.15) is 43.2 Å². The number of para-hydroxylation sites is 1. The Balaban J connectivity index is 1.77. The fourth-order valence-corrected chi connectivity index (χ4v) is 5.36. The largest absolute Gasteiger partial charge is 0.348 e. The van der Waals surface area contributed by atoms with Crippen LogP contribution in [-0.2, 0) is 14.6 Å². The van der Waals surface area contributed by atoms with E-state index in [9.17, 15) is 18.0 Å². The Morgan fingerprint density at radius 3 is 2.67 bits per heavy atom. The fourth-order valence-electron chi connectivity index (χ4n) is 3.69. The number of hydrogen-bond donors (Lipinski definition) is 2. The van der Waals surface area contributed by atoms with Crippen molar-refractivity contribution in [1.82, 2.24) is 15.6 Å². The molecule has 1 aromatic carbocycles. The number of benzene rings is 1. The summed E-state index contributed by atoms with van der Waals surface area (Å²) in [7, 11) is -3.13. The van der Waals surface area contributed by atoms with Gasteiger partial charge in [-0.15, -0.1) is 0 Å². The lowest BCUT2D eigenvalue weighted by Crippen LogP contribution is -2.41. The number of hydrogen-bond acceptors (Lipinski definition) is 6. The molecule has 1 saturated heterocycles. The van der Waals surface area contributed by atoms with Gasteiger partial charge in [0.05, 0.1) is 22.6 Å². The van der Waals surface area contributed by atoms with Gasteiger partial charge in [-0.25, -0.2) is 18.4 Å². The van der Waals surface area contributed by atoms with Crippen LogP contribution in [0.15, 0.2) is 35.3 Å². The van der Waals surface area contributed by atoms with Crippen LogP contribution in [0.2, 0.25) is 0 Å². The first-order valence-corrected chi connectivity index (χ1v) is 11.7. The molecular formula is C21H24N4O4S. The quantitative estimate of drug-likeness (QED) is 0.764. The Hall–Kier alpha value is -2.81. The topological polar surface area (TPSA) is 118 Å². The molecule has 1 aromatic heterocycles. The number of amides is 2. The first kappa shape index (κ1) is 20.5. The van der Waals surface area contributed by atoms with Crippen LogP contribution < -0.4 is 10.6 Å². The molecule has 9 heteroatoms. The van der Waals surface area contributed by atoms with E-state index >= 15 is 0 Å². The maximum absolute atomic E-state index is 13.1. The molecule has 158 valence electrons. The molecule has 2 atom stereocenters. The lowest BCUT2D eigenvalue weighted by atomic mass is 9.89. The summed E-state index contributed by atoms with van der Waals surface area (Å²) in [4.78, 5) is 34.9. The zero-order chi connectivity index (χ0) is 21.7. The molecule has 2 aliphatic rings. The third-order valence-electron chi connectivity index (χ3n) is 5.92. The normalized spacial score (nSPS) is 25.4. The number of carbonyl (C=O) groups excluding carboxylic acids is 2. The smallest absolute Gasteiger partial charge is 0.253 e. The Kier molecular flexibility index (Phi) is 4.88. The van der Waals surface area contributed by atoms with Gasteiger partial charge in [-0.05, 0) is 31.4 Å². The van der Waals surface area contributed by atoms with Gasteiger partial charge in [-0.3, -0.25) is 9.59 Å². The number of nitrogens with one attached hydrogen (secondary N) is 2. The maximum Gasteiger partial charge on any atom is 0.253 e. The summed E-state index contributed by atoms with van der Waals surface area (Å²) in [6.07, 6.45) is 0.382. The molecule has 2 N–H and O–H groups in total. The zero-order valence-electron chi connectivity index (χ0n) is 17.1. The maximum atomic E-state index is 13.1. The monoisotopic (exact) mass is 428 g/mol. The minimum atomic E-state index is -3.13. The summed E-state index contributed by atoms with van der Waals surface area (Å²) in [6.45, 7) is 5.58. The van der Waals surface area contributed by atoms with Gasteiger partial charge in [0.2, 0.25) is 0 Å². The van der Waals surface area contributed by atoms with E-state index in [0.717, 1.165) is 5.39 Å². The number of aliphatic imine (C=N–C) groups is 1. The highest BCUT2D eigenvalue weighted by Gasteiger charge is 2.43. The standard InChI is InChI=1S/C21H24N4O4S/c1-12(2)21(3)20(27)24-18(25-21)17-15(10-13-6-4-5-7-16(13)23-17)19(26)22-14-8-9-30(28,29)11-14/h4-7,10,12,14H,8-9,11H2,1-3H3,(H,22,26)(H,24,25,27)/t14-,21-/m1/s1. The van der Waals surface area contributed by atoms with Gasteiger partial charge in [-0.1, -0.05) is 32.0 Å². The van der Waals surface area contributed by atoms with Gasteiger partial charge >= 0.3 is 0 Å². The highest BCUT2D eigenvalue weighted by molar-refractivity contribution is 7.91. The van der Waals surface area contributed by atoms with Crippen LogP contribution in [0.4, 0.5) is 0 Å². The molecule has 3 heterocycles. The van der Waals surface area contributed by atoms with Crippen LogP contribution >= 0.6 is 0 Å². The molecule has 4 rings (SSSR count). The number of nitrogens with zero attached hydrogens (tertiary/aromatic N) is 2. The van der Waals surface area contributed by atoms with Crippen LogP contribution in [0.25, 0.3) is 10.9 Å². The van der Waals surface area contributed by atoms with Crippen molar-refractivity contribution in [2.75, 3.05) is 11.5 Å². The Morgan fingerprint density at radius 1 is 1.30 bits per heavy atom. The molecule has 0 bridgehead atoms. The van der Waals surface area contributed by atoms with Gasteiger partial charge in [0.25, 0.3) is 11.8 Å². The Labute approximate surface area is 175 Å². The molecule has 30 heavy (non-hydrogen) atoms. The van der Waals surface area contributed by atoms with Crippen LogP contribution in [-0.4, -0.2) is 54.1 Å². The molecule has 2 amide bonds.